The van der Waals surface area contributed by atoms with Gasteiger partial charge in [0.15, 0.2) is 0 Å². The van der Waals surface area contributed by atoms with Crippen LogP contribution in [0, 0.1) is 0 Å². The van der Waals surface area contributed by atoms with E-state index in [2.05, 4.69) is 11.0 Å². The first kappa shape index (κ1) is 22.1. The second kappa shape index (κ2) is 9.18. The summed E-state index contributed by atoms with van der Waals surface area (Å²) < 4.78 is 5.47. The molecular formula is C25H32N4O3. The lowest BCUT2D eigenvalue weighted by molar-refractivity contribution is 0.0240. The van der Waals surface area contributed by atoms with E-state index >= 15 is 0 Å². The Bertz CT molecular complexity index is 932. The lowest BCUT2D eigenvalue weighted by atomic mass is 10.1. The van der Waals surface area contributed by atoms with Crippen molar-refractivity contribution in [1.29, 1.82) is 0 Å². The molecule has 1 aromatic carbocycles. The molecule has 2 aromatic rings. The van der Waals surface area contributed by atoms with Gasteiger partial charge in [-0.05, 0) is 57.4 Å². The van der Waals surface area contributed by atoms with Crippen molar-refractivity contribution >= 4 is 17.8 Å². The standard InChI is InChI=1S/C25H32N4O3/c1-25(2,3)32-24(31)28-16-14-27(15-17-28)22-12-11-20(18-26-22)21-10-7-13-29(21)23(30)19-8-5-4-6-9-19/h4-6,8-9,11-12,18,21H,7,10,13-17H2,1-3H3. The predicted molar refractivity (Wildman–Crippen MR) is 124 cm³/mol. The van der Waals surface area contributed by atoms with Gasteiger partial charge in [0.05, 0.1) is 6.04 Å². The molecule has 2 aliphatic heterocycles. The smallest absolute Gasteiger partial charge is 0.410 e. The summed E-state index contributed by atoms with van der Waals surface area (Å²) in [7, 11) is 0. The van der Waals surface area contributed by atoms with Crippen LogP contribution in [0.4, 0.5) is 10.6 Å². The minimum atomic E-state index is -0.485. The Morgan fingerprint density at radius 1 is 0.969 bits per heavy atom. The lowest BCUT2D eigenvalue weighted by Gasteiger charge is -2.36. The van der Waals surface area contributed by atoms with Crippen molar-refractivity contribution in [2.45, 2.75) is 45.3 Å². The molecule has 2 saturated heterocycles. The molecule has 7 heteroatoms. The van der Waals surface area contributed by atoms with Crippen LogP contribution >= 0.6 is 0 Å². The topological polar surface area (TPSA) is 66.0 Å². The number of nitrogens with zero attached hydrogens (tertiary/aromatic N) is 4. The van der Waals surface area contributed by atoms with Crippen LogP contribution in [-0.2, 0) is 4.74 Å². The van der Waals surface area contributed by atoms with Gasteiger partial charge in [0.1, 0.15) is 11.4 Å². The Labute approximate surface area is 190 Å². The van der Waals surface area contributed by atoms with Gasteiger partial charge < -0.3 is 19.4 Å². The molecule has 0 bridgehead atoms. The number of ether oxygens (including phenoxy) is 1. The van der Waals surface area contributed by atoms with Crippen molar-refractivity contribution in [1.82, 2.24) is 14.8 Å². The molecule has 0 radical (unpaired) electrons. The van der Waals surface area contributed by atoms with Crippen molar-refractivity contribution in [3.05, 3.63) is 59.8 Å². The molecule has 170 valence electrons. The van der Waals surface area contributed by atoms with Crippen LogP contribution in [0.25, 0.3) is 0 Å². The van der Waals surface area contributed by atoms with Gasteiger partial charge >= 0.3 is 6.09 Å². The SMILES string of the molecule is CC(C)(C)OC(=O)N1CCN(c2ccc(C3CCCN3C(=O)c3ccccc3)cn2)CC1. The van der Waals surface area contributed by atoms with Crippen molar-refractivity contribution in [3.63, 3.8) is 0 Å². The number of benzene rings is 1. The monoisotopic (exact) mass is 436 g/mol. The van der Waals surface area contributed by atoms with E-state index in [1.54, 1.807) is 4.90 Å². The van der Waals surface area contributed by atoms with Gasteiger partial charge in [0, 0.05) is 44.5 Å². The van der Waals surface area contributed by atoms with Gasteiger partial charge in [-0.15, -0.1) is 0 Å². The van der Waals surface area contributed by atoms with E-state index in [1.165, 1.54) is 0 Å². The summed E-state index contributed by atoms with van der Waals surface area (Å²) in [5.41, 5.74) is 1.32. The first-order valence-electron chi connectivity index (χ1n) is 11.4. The van der Waals surface area contributed by atoms with Crippen molar-refractivity contribution in [3.8, 4) is 0 Å². The molecule has 0 N–H and O–H groups in total. The first-order chi connectivity index (χ1) is 15.3. The van der Waals surface area contributed by atoms with Crippen LogP contribution in [-0.4, -0.2) is 65.1 Å². The molecule has 0 saturated carbocycles. The number of carbonyl (C=O) groups is 2. The molecule has 1 atom stereocenters. The molecule has 1 unspecified atom stereocenters. The van der Waals surface area contributed by atoms with E-state index < -0.39 is 5.60 Å². The zero-order valence-corrected chi connectivity index (χ0v) is 19.2. The Balaban J connectivity index is 1.37. The van der Waals surface area contributed by atoms with Crippen LogP contribution in [0.15, 0.2) is 48.7 Å². The van der Waals surface area contributed by atoms with Crippen LogP contribution in [0.5, 0.6) is 0 Å². The fourth-order valence-electron chi connectivity index (χ4n) is 4.33. The Morgan fingerprint density at radius 2 is 1.69 bits per heavy atom. The largest absolute Gasteiger partial charge is 0.444 e. The zero-order chi connectivity index (χ0) is 22.7. The lowest BCUT2D eigenvalue weighted by Crippen LogP contribution is -2.50. The minimum absolute atomic E-state index is 0.0632. The second-order valence-electron chi connectivity index (χ2n) is 9.43. The maximum atomic E-state index is 13.0. The first-order valence-corrected chi connectivity index (χ1v) is 11.4. The highest BCUT2D eigenvalue weighted by atomic mass is 16.6. The highest BCUT2D eigenvalue weighted by Gasteiger charge is 2.31. The molecule has 2 amide bonds. The Kier molecular flexibility index (Phi) is 6.35. The van der Waals surface area contributed by atoms with Crippen LogP contribution in [0.2, 0.25) is 0 Å². The Morgan fingerprint density at radius 3 is 2.31 bits per heavy atom. The summed E-state index contributed by atoms with van der Waals surface area (Å²) in [6, 6.07) is 13.6. The van der Waals surface area contributed by atoms with E-state index in [1.807, 2.05) is 68.3 Å². The summed E-state index contributed by atoms with van der Waals surface area (Å²) in [4.78, 5) is 35.8. The summed E-state index contributed by atoms with van der Waals surface area (Å²) >= 11 is 0. The highest BCUT2D eigenvalue weighted by Crippen LogP contribution is 2.33. The van der Waals surface area contributed by atoms with E-state index in [4.69, 9.17) is 9.72 Å². The number of piperazine rings is 1. The average Bonchev–Trinajstić information content (AvgIpc) is 3.28. The third-order valence-electron chi connectivity index (χ3n) is 5.95. The molecule has 7 nitrogen and oxygen atoms in total. The highest BCUT2D eigenvalue weighted by molar-refractivity contribution is 5.94. The summed E-state index contributed by atoms with van der Waals surface area (Å²) in [5, 5.41) is 0. The fourth-order valence-corrected chi connectivity index (χ4v) is 4.33. The van der Waals surface area contributed by atoms with Gasteiger partial charge in [0.2, 0.25) is 0 Å². The van der Waals surface area contributed by atoms with Crippen LogP contribution in [0.3, 0.4) is 0 Å². The number of rotatable bonds is 3. The summed E-state index contributed by atoms with van der Waals surface area (Å²) in [5.74, 6) is 0.979. The average molecular weight is 437 g/mol. The minimum Gasteiger partial charge on any atom is -0.444 e. The molecule has 2 fully saturated rings. The van der Waals surface area contributed by atoms with E-state index in [-0.39, 0.29) is 18.0 Å². The van der Waals surface area contributed by atoms with Gasteiger partial charge in [-0.3, -0.25) is 4.79 Å². The molecule has 32 heavy (non-hydrogen) atoms. The van der Waals surface area contributed by atoms with Gasteiger partial charge in [-0.2, -0.15) is 0 Å². The Hall–Kier alpha value is -3.09. The molecular weight excluding hydrogens is 404 g/mol. The quantitative estimate of drug-likeness (QED) is 0.724. The van der Waals surface area contributed by atoms with Crippen LogP contribution < -0.4 is 4.90 Å². The van der Waals surface area contributed by atoms with E-state index in [0.29, 0.717) is 26.2 Å². The summed E-state index contributed by atoms with van der Waals surface area (Å²) in [6.45, 7) is 9.07. The van der Waals surface area contributed by atoms with Crippen molar-refractivity contribution < 1.29 is 14.3 Å². The third kappa shape index (κ3) is 5.03. The number of amides is 2. The van der Waals surface area contributed by atoms with E-state index in [0.717, 1.165) is 36.3 Å². The predicted octanol–water partition coefficient (Wildman–Crippen LogP) is 4.12. The second-order valence-corrected chi connectivity index (χ2v) is 9.43. The molecule has 1 aromatic heterocycles. The number of pyridine rings is 1. The molecule has 0 aliphatic carbocycles. The number of likely N-dealkylation sites (tertiary alicyclic amines) is 1. The van der Waals surface area contributed by atoms with Crippen molar-refractivity contribution in [2.75, 3.05) is 37.6 Å². The number of carbonyl (C=O) groups excluding carboxylic acids is 2. The van der Waals surface area contributed by atoms with Gasteiger partial charge in [-0.1, -0.05) is 24.3 Å². The molecule has 4 rings (SSSR count). The molecule has 2 aliphatic rings. The van der Waals surface area contributed by atoms with Gasteiger partial charge in [0.25, 0.3) is 5.91 Å². The summed E-state index contributed by atoms with van der Waals surface area (Å²) in [6.07, 6.45) is 3.59. The number of aromatic nitrogens is 1. The number of hydrogen-bond acceptors (Lipinski definition) is 5. The van der Waals surface area contributed by atoms with Crippen LogP contribution in [0.1, 0.15) is 55.6 Å². The fraction of sp³-hybridized carbons (Fsp3) is 0.480. The number of hydrogen-bond donors (Lipinski definition) is 0. The maximum Gasteiger partial charge on any atom is 0.410 e. The van der Waals surface area contributed by atoms with E-state index in [9.17, 15) is 9.59 Å². The molecule has 3 heterocycles. The zero-order valence-electron chi connectivity index (χ0n) is 19.2. The molecule has 0 spiro atoms. The van der Waals surface area contributed by atoms with Gasteiger partial charge in [-0.25, -0.2) is 9.78 Å². The van der Waals surface area contributed by atoms with Crippen molar-refractivity contribution in [2.24, 2.45) is 0 Å². The third-order valence-corrected chi connectivity index (χ3v) is 5.95. The number of anilines is 1. The maximum absolute atomic E-state index is 13.0. The normalized spacial score (nSPS) is 19.2.